The van der Waals surface area contributed by atoms with Gasteiger partial charge in [-0.1, -0.05) is 116 Å². The number of carbonyl (C=O) groups excluding carboxylic acids is 3. The van der Waals surface area contributed by atoms with Crippen molar-refractivity contribution in [2.24, 2.45) is 15.8 Å². The van der Waals surface area contributed by atoms with Crippen LogP contribution in [0.5, 0.6) is 0 Å². The van der Waals surface area contributed by atoms with Gasteiger partial charge in [0, 0.05) is 7.05 Å². The van der Waals surface area contributed by atoms with Crippen molar-refractivity contribution in [2.45, 2.75) is 74.5 Å². The SMILES string of the molecule is CC.CCC(C)(C)CC(C)(C)COC(=O)CN(C)/C(=N\C(=O)OCc1ccccc1)NC(=O)OCc1ccccc1. The lowest BCUT2D eigenvalue weighted by molar-refractivity contribution is -0.147. The van der Waals surface area contributed by atoms with E-state index in [1.807, 2.05) is 74.5 Å². The van der Waals surface area contributed by atoms with Crippen molar-refractivity contribution in [1.82, 2.24) is 10.2 Å². The fourth-order valence-electron chi connectivity index (χ4n) is 3.96. The minimum Gasteiger partial charge on any atom is -0.464 e. The minimum atomic E-state index is -0.930. The van der Waals surface area contributed by atoms with E-state index >= 15 is 0 Å². The van der Waals surface area contributed by atoms with E-state index in [0.29, 0.717) is 0 Å². The van der Waals surface area contributed by atoms with E-state index in [1.54, 1.807) is 0 Å². The Kier molecular flexibility index (Phi) is 15.2. The van der Waals surface area contributed by atoms with Crippen LogP contribution in [0.3, 0.4) is 0 Å². The van der Waals surface area contributed by atoms with E-state index in [1.165, 1.54) is 11.9 Å². The summed E-state index contributed by atoms with van der Waals surface area (Å²) in [5.74, 6) is -0.723. The van der Waals surface area contributed by atoms with Crippen molar-refractivity contribution in [3.63, 3.8) is 0 Å². The Bertz CT molecular complexity index is 1100. The molecule has 0 saturated carbocycles. The van der Waals surface area contributed by atoms with Crippen LogP contribution in [0, 0.1) is 10.8 Å². The molecule has 226 valence electrons. The van der Waals surface area contributed by atoms with Gasteiger partial charge < -0.3 is 19.1 Å². The van der Waals surface area contributed by atoms with Crippen molar-refractivity contribution in [3.8, 4) is 0 Å². The summed E-state index contributed by atoms with van der Waals surface area (Å²) < 4.78 is 16.0. The molecule has 0 saturated heterocycles. The first-order valence-corrected chi connectivity index (χ1v) is 14.0. The first-order valence-electron chi connectivity index (χ1n) is 14.0. The first kappa shape index (κ1) is 35.1. The number of nitrogens with one attached hydrogen (secondary N) is 1. The molecule has 0 atom stereocenters. The molecule has 41 heavy (non-hydrogen) atoms. The highest BCUT2D eigenvalue weighted by Gasteiger charge is 2.29. The molecule has 0 bridgehead atoms. The molecule has 0 unspecified atom stereocenters. The first-order chi connectivity index (χ1) is 19.4. The van der Waals surface area contributed by atoms with E-state index in [-0.39, 0.29) is 43.2 Å². The zero-order chi connectivity index (χ0) is 30.9. The van der Waals surface area contributed by atoms with E-state index in [2.05, 4.69) is 44.9 Å². The Morgan fingerprint density at radius 1 is 0.805 bits per heavy atom. The van der Waals surface area contributed by atoms with E-state index in [0.717, 1.165) is 24.0 Å². The highest BCUT2D eigenvalue weighted by molar-refractivity contribution is 5.99. The number of carbonyl (C=O) groups is 3. The van der Waals surface area contributed by atoms with Crippen LogP contribution in [-0.2, 0) is 32.2 Å². The maximum absolute atomic E-state index is 12.7. The summed E-state index contributed by atoms with van der Waals surface area (Å²) in [7, 11) is 1.51. The topological polar surface area (TPSA) is 107 Å². The van der Waals surface area contributed by atoms with E-state index in [9.17, 15) is 14.4 Å². The highest BCUT2D eigenvalue weighted by atomic mass is 16.6. The summed E-state index contributed by atoms with van der Waals surface area (Å²) >= 11 is 0. The second kappa shape index (κ2) is 17.7. The lowest BCUT2D eigenvalue weighted by Crippen LogP contribution is -2.45. The molecule has 0 aromatic heterocycles. The zero-order valence-corrected chi connectivity index (χ0v) is 25.9. The van der Waals surface area contributed by atoms with Crippen LogP contribution in [-0.4, -0.2) is 49.2 Å². The Morgan fingerprint density at radius 3 is 1.83 bits per heavy atom. The van der Waals surface area contributed by atoms with Gasteiger partial charge in [0.25, 0.3) is 0 Å². The molecule has 2 aromatic rings. The van der Waals surface area contributed by atoms with Crippen molar-refractivity contribution in [3.05, 3.63) is 71.8 Å². The molecule has 9 heteroatoms. The summed E-state index contributed by atoms with van der Waals surface area (Å²) in [4.78, 5) is 42.8. The van der Waals surface area contributed by atoms with E-state index < -0.39 is 18.2 Å². The molecule has 0 spiro atoms. The molecular formula is C32H47N3O6. The molecule has 2 amide bonds. The van der Waals surface area contributed by atoms with Crippen molar-refractivity contribution in [1.29, 1.82) is 0 Å². The van der Waals surface area contributed by atoms with Gasteiger partial charge >= 0.3 is 18.2 Å². The molecule has 0 aliphatic rings. The van der Waals surface area contributed by atoms with Crippen LogP contribution >= 0.6 is 0 Å². The van der Waals surface area contributed by atoms with Crippen LogP contribution < -0.4 is 5.32 Å². The highest BCUT2D eigenvalue weighted by Crippen LogP contribution is 2.36. The summed E-state index contributed by atoms with van der Waals surface area (Å²) in [5, 5.41) is 2.44. The molecule has 0 fully saturated rings. The standard InChI is InChI=1S/C30H41N3O6.C2H6/c1-7-29(2,3)21-30(4,5)22-39-25(34)18-33(6)26(31-27(35)37-19-23-14-10-8-11-15-23)32-28(36)38-20-24-16-12-9-13-17-24;1-2/h8-17H,7,18-22H2,1-6H3,(H,31,32,35,36);1-2H3. The maximum atomic E-state index is 12.7. The number of likely N-dealkylation sites (N-methyl/N-ethyl adjacent to an activating group) is 1. The Morgan fingerprint density at radius 2 is 1.32 bits per heavy atom. The van der Waals surface area contributed by atoms with Gasteiger partial charge in [0.15, 0.2) is 0 Å². The molecule has 0 aliphatic carbocycles. The van der Waals surface area contributed by atoms with Gasteiger partial charge in [0.1, 0.15) is 19.8 Å². The number of esters is 1. The number of rotatable bonds is 11. The van der Waals surface area contributed by atoms with E-state index in [4.69, 9.17) is 14.2 Å². The van der Waals surface area contributed by atoms with Crippen molar-refractivity contribution in [2.75, 3.05) is 20.2 Å². The lowest BCUT2D eigenvalue weighted by atomic mass is 9.74. The fraction of sp³-hybridized carbons (Fsp3) is 0.500. The van der Waals surface area contributed by atoms with Gasteiger partial charge in [-0.05, 0) is 28.4 Å². The number of aliphatic imine (C=N–C) groups is 1. The minimum absolute atomic E-state index is 0.00382. The molecule has 0 radical (unpaired) electrons. The van der Waals surface area contributed by atoms with Gasteiger partial charge in [0.05, 0.1) is 6.61 Å². The van der Waals surface area contributed by atoms with Crippen LogP contribution in [0.4, 0.5) is 9.59 Å². The predicted octanol–water partition coefficient (Wildman–Crippen LogP) is 6.96. The summed E-state index contributed by atoms with van der Waals surface area (Å²) in [6.45, 7) is 14.6. The number of benzene rings is 2. The summed E-state index contributed by atoms with van der Waals surface area (Å²) in [5.41, 5.74) is 1.48. The monoisotopic (exact) mass is 569 g/mol. The normalized spacial score (nSPS) is 11.5. The third kappa shape index (κ3) is 14.9. The smallest absolute Gasteiger partial charge is 0.437 e. The molecule has 0 aliphatic heterocycles. The second-order valence-corrected chi connectivity index (χ2v) is 11.0. The molecule has 2 aromatic carbocycles. The quantitative estimate of drug-likeness (QED) is 0.135. The Hall–Kier alpha value is -3.88. The predicted molar refractivity (Wildman–Crippen MR) is 161 cm³/mol. The number of ether oxygens (including phenoxy) is 3. The van der Waals surface area contributed by atoms with Gasteiger partial charge in [0.2, 0.25) is 5.96 Å². The van der Waals surface area contributed by atoms with Crippen molar-refractivity contribution < 1.29 is 28.6 Å². The third-order valence-electron chi connectivity index (χ3n) is 6.09. The molecule has 2 rings (SSSR count). The van der Waals surface area contributed by atoms with Crippen LogP contribution in [0.1, 0.15) is 72.4 Å². The second-order valence-electron chi connectivity index (χ2n) is 11.0. The number of alkyl carbamates (subject to hydrolysis) is 1. The van der Waals surface area contributed by atoms with Crippen LogP contribution in [0.25, 0.3) is 0 Å². The summed E-state index contributed by atoms with van der Waals surface area (Å²) in [6.07, 6.45) is 0.130. The molecular weight excluding hydrogens is 522 g/mol. The van der Waals surface area contributed by atoms with Crippen LogP contribution in [0.2, 0.25) is 0 Å². The molecule has 9 nitrogen and oxygen atoms in total. The van der Waals surface area contributed by atoms with Gasteiger partial charge in [-0.2, -0.15) is 0 Å². The number of nitrogens with zero attached hydrogens (tertiary/aromatic N) is 2. The largest absolute Gasteiger partial charge is 0.464 e. The average Bonchev–Trinajstić information content (AvgIpc) is 2.95. The van der Waals surface area contributed by atoms with Crippen LogP contribution in [0.15, 0.2) is 65.7 Å². The number of amides is 2. The zero-order valence-electron chi connectivity index (χ0n) is 25.9. The third-order valence-corrected chi connectivity index (χ3v) is 6.09. The summed E-state index contributed by atoms with van der Waals surface area (Å²) in [6, 6.07) is 18.3. The lowest BCUT2D eigenvalue weighted by Gasteiger charge is -2.34. The Balaban J connectivity index is 0.00000411. The average molecular weight is 570 g/mol. The Labute approximate surface area is 245 Å². The molecule has 1 N–H and O–H groups in total. The van der Waals surface area contributed by atoms with Gasteiger partial charge in [-0.3, -0.25) is 10.1 Å². The fourth-order valence-corrected chi connectivity index (χ4v) is 3.96. The van der Waals surface area contributed by atoms with Gasteiger partial charge in [-0.15, -0.1) is 4.99 Å². The van der Waals surface area contributed by atoms with Crippen molar-refractivity contribution >= 4 is 24.1 Å². The molecule has 0 heterocycles. The maximum Gasteiger partial charge on any atom is 0.437 e. The number of hydrogen-bond acceptors (Lipinski definition) is 6. The van der Waals surface area contributed by atoms with Gasteiger partial charge in [-0.25, -0.2) is 9.59 Å². The number of guanidine groups is 1. The number of hydrogen-bond donors (Lipinski definition) is 1.